The summed E-state index contributed by atoms with van der Waals surface area (Å²) >= 11 is -0.397. The number of carbonyl (C=O) groups is 1. The van der Waals surface area contributed by atoms with Crippen LogP contribution in [-0.4, -0.2) is 30.2 Å². The van der Waals surface area contributed by atoms with Gasteiger partial charge in [-0.05, 0) is 0 Å². The molecule has 4 rings (SSSR count). The first-order valence-electron chi connectivity index (χ1n) is 8.58. The Balaban J connectivity index is 1.61. The molecule has 2 aromatic carbocycles. The van der Waals surface area contributed by atoms with Gasteiger partial charge in [0.25, 0.3) is 0 Å². The minimum atomic E-state index is -0.834. The van der Waals surface area contributed by atoms with Crippen molar-refractivity contribution in [2.24, 2.45) is 7.05 Å². The van der Waals surface area contributed by atoms with Crippen LogP contribution in [0.2, 0.25) is 0 Å². The Bertz CT molecular complexity index is 1200. The molecule has 0 aliphatic carbocycles. The summed E-state index contributed by atoms with van der Waals surface area (Å²) in [7, 11) is 1.74. The third-order valence-electron chi connectivity index (χ3n) is 4.31. The molecule has 0 radical (unpaired) electrons. The molecule has 0 atom stereocenters. The summed E-state index contributed by atoms with van der Waals surface area (Å²) in [6.07, 6.45) is 0. The number of nitrogens with zero attached hydrogens (tertiary/aromatic N) is 2. The number of para-hydroxylation sites is 1. The van der Waals surface area contributed by atoms with Crippen molar-refractivity contribution in [3.05, 3.63) is 82.6 Å². The second-order valence-electron chi connectivity index (χ2n) is 6.23. The van der Waals surface area contributed by atoms with Crippen LogP contribution in [0.3, 0.4) is 0 Å². The van der Waals surface area contributed by atoms with Crippen molar-refractivity contribution in [3.8, 4) is 21.4 Å². The molecule has 2 heterocycles. The molecule has 2 aromatic heterocycles. The number of rotatable bonds is 4. The van der Waals surface area contributed by atoms with Crippen LogP contribution < -0.4 is 5.32 Å². The van der Waals surface area contributed by atoms with Crippen LogP contribution in [0.4, 0.5) is 18.9 Å². The molecule has 0 aliphatic heterocycles. The molecular weight excluding hydrogens is 446 g/mol. The van der Waals surface area contributed by atoms with Gasteiger partial charge in [0.2, 0.25) is 0 Å². The Morgan fingerprint density at radius 3 is 2.38 bits per heavy atom. The van der Waals surface area contributed by atoms with Crippen LogP contribution in [0, 0.1) is 17.5 Å². The maximum absolute atomic E-state index is 14.0. The van der Waals surface area contributed by atoms with Crippen molar-refractivity contribution in [2.75, 3.05) is 5.32 Å². The van der Waals surface area contributed by atoms with Gasteiger partial charge < -0.3 is 0 Å². The number of anilines is 1. The topological polar surface area (TPSA) is 46.9 Å². The van der Waals surface area contributed by atoms with Gasteiger partial charge in [-0.25, -0.2) is 0 Å². The number of halogens is 3. The molecule has 4 aromatic rings. The van der Waals surface area contributed by atoms with Gasteiger partial charge in [0.15, 0.2) is 0 Å². The molecular formula is C21H14F3N3OSe. The van der Waals surface area contributed by atoms with E-state index < -0.39 is 37.7 Å². The standard InChI is InChI=1S/C21H14F3N3OSe/c1-27-17(11-16(26-27)12-5-2-3-6-13(12)22)18-9-10-19(29-18)21(28)25-20-14(23)7-4-8-15(20)24/h2-11H,1H3,(H,25,28). The van der Waals surface area contributed by atoms with Crippen LogP contribution >= 0.6 is 0 Å². The van der Waals surface area contributed by atoms with E-state index in [1.165, 1.54) is 12.1 Å². The van der Waals surface area contributed by atoms with Crippen LogP contribution in [0.1, 0.15) is 9.23 Å². The van der Waals surface area contributed by atoms with E-state index in [9.17, 15) is 18.0 Å². The second-order valence-corrected chi connectivity index (χ2v) is 8.51. The van der Waals surface area contributed by atoms with Gasteiger partial charge in [0.05, 0.1) is 0 Å². The molecule has 0 bridgehead atoms. The Morgan fingerprint density at radius 1 is 0.966 bits per heavy atom. The molecule has 0 spiro atoms. The van der Waals surface area contributed by atoms with Gasteiger partial charge in [0, 0.05) is 0 Å². The minimum absolute atomic E-state index is 0.367. The van der Waals surface area contributed by atoms with Crippen LogP contribution in [0.25, 0.3) is 21.4 Å². The molecule has 8 heteroatoms. The summed E-state index contributed by atoms with van der Waals surface area (Å²) < 4.78 is 44.5. The third kappa shape index (κ3) is 3.77. The molecule has 1 N–H and O–H groups in total. The number of carbonyl (C=O) groups excluding carboxylic acids is 1. The summed E-state index contributed by atoms with van der Waals surface area (Å²) in [5, 5.41) is 6.67. The molecule has 0 fully saturated rings. The maximum atomic E-state index is 14.0. The van der Waals surface area contributed by atoms with Gasteiger partial charge in [0.1, 0.15) is 0 Å². The van der Waals surface area contributed by atoms with Crippen LogP contribution in [-0.2, 0) is 7.05 Å². The van der Waals surface area contributed by atoms with E-state index in [4.69, 9.17) is 0 Å². The zero-order valence-electron chi connectivity index (χ0n) is 15.1. The van der Waals surface area contributed by atoms with Gasteiger partial charge in [-0.1, -0.05) is 0 Å². The van der Waals surface area contributed by atoms with Crippen LogP contribution in [0.5, 0.6) is 0 Å². The fourth-order valence-corrected chi connectivity index (χ4v) is 4.88. The van der Waals surface area contributed by atoms with Gasteiger partial charge in [-0.2, -0.15) is 0 Å². The van der Waals surface area contributed by atoms with E-state index in [0.717, 1.165) is 22.3 Å². The number of aryl methyl sites for hydroxylation is 1. The molecule has 4 nitrogen and oxygen atoms in total. The Morgan fingerprint density at radius 2 is 1.66 bits per heavy atom. The predicted molar refractivity (Wildman–Crippen MR) is 105 cm³/mol. The molecule has 1 amide bonds. The third-order valence-corrected chi connectivity index (χ3v) is 6.63. The average Bonchev–Trinajstić information content (AvgIpc) is 3.32. The van der Waals surface area contributed by atoms with E-state index in [1.54, 1.807) is 48.1 Å². The summed E-state index contributed by atoms with van der Waals surface area (Å²) in [6.45, 7) is 0. The Hall–Kier alpha value is -3.09. The first-order chi connectivity index (χ1) is 13.9. The normalized spacial score (nSPS) is 10.9. The zero-order valence-corrected chi connectivity index (χ0v) is 16.8. The monoisotopic (exact) mass is 461 g/mol. The summed E-state index contributed by atoms with van der Waals surface area (Å²) in [4.78, 5) is 12.4. The molecule has 0 unspecified atom stereocenters. The summed E-state index contributed by atoms with van der Waals surface area (Å²) in [6, 6.07) is 14.9. The number of hydrogen-bond acceptors (Lipinski definition) is 2. The quantitative estimate of drug-likeness (QED) is 0.457. The SMILES string of the molecule is Cn1nc(-c2ccccc2F)cc1-c1ccc(C(=O)Nc2c(F)cccc2F)[se]1. The van der Waals surface area contributed by atoms with Crippen molar-refractivity contribution >= 4 is 26.1 Å². The van der Waals surface area contributed by atoms with Crippen LogP contribution in [0.15, 0.2) is 60.7 Å². The van der Waals surface area contributed by atoms with Gasteiger partial charge in [-0.15, -0.1) is 0 Å². The first-order valence-corrected chi connectivity index (χ1v) is 10.3. The van der Waals surface area contributed by atoms with Crippen molar-refractivity contribution < 1.29 is 18.0 Å². The average molecular weight is 460 g/mol. The molecule has 0 saturated heterocycles. The molecule has 0 aliphatic rings. The number of benzene rings is 2. The van der Waals surface area contributed by atoms with Gasteiger partial charge in [-0.3, -0.25) is 0 Å². The van der Waals surface area contributed by atoms with Gasteiger partial charge >= 0.3 is 170 Å². The second kappa shape index (κ2) is 7.73. The Labute approximate surface area is 170 Å². The number of hydrogen-bond donors (Lipinski definition) is 1. The molecule has 0 saturated carbocycles. The van der Waals surface area contributed by atoms with Crippen molar-refractivity contribution in [1.82, 2.24) is 9.78 Å². The molecule has 29 heavy (non-hydrogen) atoms. The van der Waals surface area contributed by atoms with Crippen molar-refractivity contribution in [1.29, 1.82) is 0 Å². The fraction of sp³-hybridized carbons (Fsp3) is 0.0476. The van der Waals surface area contributed by atoms with E-state index in [-0.39, 0.29) is 5.82 Å². The fourth-order valence-electron chi connectivity index (χ4n) is 2.89. The van der Waals surface area contributed by atoms with E-state index in [1.807, 2.05) is 0 Å². The van der Waals surface area contributed by atoms with E-state index >= 15 is 0 Å². The van der Waals surface area contributed by atoms with E-state index in [2.05, 4.69) is 10.4 Å². The van der Waals surface area contributed by atoms with Crippen molar-refractivity contribution in [3.63, 3.8) is 0 Å². The molecule has 146 valence electrons. The number of aromatic nitrogens is 2. The first kappa shape index (κ1) is 19.2. The predicted octanol–water partition coefficient (Wildman–Crippen LogP) is 4.48. The zero-order chi connectivity index (χ0) is 20.5. The summed E-state index contributed by atoms with van der Waals surface area (Å²) in [5.41, 5.74) is 1.16. The Kier molecular flexibility index (Phi) is 5.13. The number of amides is 1. The number of nitrogens with one attached hydrogen (secondary N) is 1. The van der Waals surface area contributed by atoms with Crippen molar-refractivity contribution in [2.45, 2.75) is 0 Å². The van der Waals surface area contributed by atoms with E-state index in [0.29, 0.717) is 15.7 Å². The summed E-state index contributed by atoms with van der Waals surface area (Å²) in [5.74, 6) is -2.59.